The lowest BCUT2D eigenvalue weighted by molar-refractivity contribution is -0.0245. The predicted octanol–water partition coefficient (Wildman–Crippen LogP) is 0.210. The standard InChI is InChI=1S/C9H12FN3O3/c10-12-7-3-4-13(9(15)11-7)8-2-1-6(5-14)16-8/h3-4,6,8,14H,1-2,5H2,(H,11,12,15)/t6-,8+/m1/s1. The molecule has 7 heteroatoms. The van der Waals surface area contributed by atoms with Gasteiger partial charge in [-0.05, 0) is 18.9 Å². The fourth-order valence-corrected chi connectivity index (χ4v) is 1.71. The third kappa shape index (κ3) is 2.05. The smallest absolute Gasteiger partial charge is 0.351 e. The third-order valence-corrected chi connectivity index (χ3v) is 2.53. The number of aliphatic hydroxyl groups is 1. The molecule has 2 atom stereocenters. The molecule has 2 N–H and O–H groups in total. The summed E-state index contributed by atoms with van der Waals surface area (Å²) in [7, 11) is 0. The number of nitrogens with one attached hydrogen (secondary N) is 1. The highest BCUT2D eigenvalue weighted by atomic mass is 19.2. The van der Waals surface area contributed by atoms with Gasteiger partial charge in [0.2, 0.25) is 0 Å². The molecule has 1 aliphatic heterocycles. The molecular weight excluding hydrogens is 217 g/mol. The summed E-state index contributed by atoms with van der Waals surface area (Å²) >= 11 is 0. The second-order valence-electron chi connectivity index (χ2n) is 3.57. The van der Waals surface area contributed by atoms with Gasteiger partial charge in [0, 0.05) is 6.20 Å². The molecule has 0 unspecified atom stereocenters. The van der Waals surface area contributed by atoms with Crippen LogP contribution in [0.4, 0.5) is 10.3 Å². The number of aromatic nitrogens is 2. The average Bonchev–Trinajstić information content (AvgIpc) is 2.77. The minimum atomic E-state index is -0.578. The third-order valence-electron chi connectivity index (χ3n) is 2.53. The maximum absolute atomic E-state index is 12.0. The van der Waals surface area contributed by atoms with E-state index >= 15 is 0 Å². The summed E-state index contributed by atoms with van der Waals surface area (Å²) in [6, 6.07) is 1.34. The summed E-state index contributed by atoms with van der Waals surface area (Å²) in [6.45, 7) is -0.0667. The van der Waals surface area contributed by atoms with Crippen LogP contribution in [0.25, 0.3) is 0 Å². The highest BCUT2D eigenvalue weighted by molar-refractivity contribution is 5.28. The van der Waals surface area contributed by atoms with Gasteiger partial charge in [-0.15, -0.1) is 4.48 Å². The Labute approximate surface area is 90.6 Å². The quantitative estimate of drug-likeness (QED) is 0.724. The maximum atomic E-state index is 12.0. The van der Waals surface area contributed by atoms with E-state index in [1.807, 2.05) is 0 Å². The van der Waals surface area contributed by atoms with E-state index in [1.165, 1.54) is 22.4 Å². The molecule has 1 aliphatic rings. The maximum Gasteiger partial charge on any atom is 0.351 e. The second-order valence-corrected chi connectivity index (χ2v) is 3.57. The molecule has 1 aromatic rings. The monoisotopic (exact) mass is 229 g/mol. The average molecular weight is 229 g/mol. The fraction of sp³-hybridized carbons (Fsp3) is 0.556. The zero-order valence-corrected chi connectivity index (χ0v) is 8.47. The Bertz CT molecular complexity index is 423. The minimum absolute atomic E-state index is 0.0667. The summed E-state index contributed by atoms with van der Waals surface area (Å²) in [5, 5.41) is 8.89. The van der Waals surface area contributed by atoms with E-state index in [1.54, 1.807) is 0 Å². The van der Waals surface area contributed by atoms with Gasteiger partial charge in [-0.2, -0.15) is 4.98 Å². The molecule has 0 saturated carbocycles. The first-order chi connectivity index (χ1) is 7.74. The first-order valence-corrected chi connectivity index (χ1v) is 4.96. The van der Waals surface area contributed by atoms with Gasteiger partial charge in [-0.25, -0.2) is 10.3 Å². The van der Waals surface area contributed by atoms with Crippen LogP contribution < -0.4 is 11.2 Å². The number of hydrogen-bond acceptors (Lipinski definition) is 5. The van der Waals surface area contributed by atoms with Crippen LogP contribution in [0.5, 0.6) is 0 Å². The zero-order chi connectivity index (χ0) is 11.5. The van der Waals surface area contributed by atoms with E-state index in [0.717, 1.165) is 0 Å². The van der Waals surface area contributed by atoms with Crippen molar-refractivity contribution in [2.45, 2.75) is 25.2 Å². The number of nitrogens with zero attached hydrogens (tertiary/aromatic N) is 2. The van der Waals surface area contributed by atoms with E-state index in [2.05, 4.69) is 4.98 Å². The lowest BCUT2D eigenvalue weighted by atomic mass is 10.2. The summed E-state index contributed by atoms with van der Waals surface area (Å²) in [6.07, 6.45) is 2.08. The summed E-state index contributed by atoms with van der Waals surface area (Å²) in [4.78, 5) is 14.9. The van der Waals surface area contributed by atoms with Crippen molar-refractivity contribution in [2.75, 3.05) is 12.1 Å². The largest absolute Gasteiger partial charge is 0.394 e. The van der Waals surface area contributed by atoms with Gasteiger partial charge in [0.05, 0.1) is 12.7 Å². The lowest BCUT2D eigenvalue weighted by Crippen LogP contribution is -2.27. The van der Waals surface area contributed by atoms with Crippen molar-refractivity contribution in [1.29, 1.82) is 0 Å². The van der Waals surface area contributed by atoms with Crippen molar-refractivity contribution in [3.8, 4) is 0 Å². The molecule has 0 amide bonds. The van der Waals surface area contributed by atoms with Crippen molar-refractivity contribution in [1.82, 2.24) is 9.55 Å². The van der Waals surface area contributed by atoms with Crippen LogP contribution in [0, 0.1) is 0 Å². The topological polar surface area (TPSA) is 76.4 Å². The van der Waals surface area contributed by atoms with Gasteiger partial charge < -0.3 is 9.84 Å². The van der Waals surface area contributed by atoms with E-state index in [-0.39, 0.29) is 18.5 Å². The first-order valence-electron chi connectivity index (χ1n) is 4.96. The van der Waals surface area contributed by atoms with Crippen LogP contribution in [0.15, 0.2) is 17.1 Å². The van der Waals surface area contributed by atoms with Gasteiger partial charge in [0.1, 0.15) is 6.23 Å². The summed E-state index contributed by atoms with van der Waals surface area (Å²) in [5.74, 6) is -0.127. The highest BCUT2D eigenvalue weighted by Gasteiger charge is 2.26. The number of halogens is 1. The van der Waals surface area contributed by atoms with Crippen molar-refractivity contribution >= 4 is 5.82 Å². The van der Waals surface area contributed by atoms with Crippen molar-refractivity contribution < 1.29 is 14.3 Å². The molecule has 0 spiro atoms. The van der Waals surface area contributed by atoms with Crippen LogP contribution >= 0.6 is 0 Å². The van der Waals surface area contributed by atoms with Crippen molar-refractivity contribution in [3.63, 3.8) is 0 Å². The number of hydrogen-bond donors (Lipinski definition) is 2. The molecule has 1 saturated heterocycles. The predicted molar refractivity (Wildman–Crippen MR) is 53.5 cm³/mol. The fourth-order valence-electron chi connectivity index (χ4n) is 1.71. The molecule has 0 aromatic carbocycles. The molecule has 88 valence electrons. The molecule has 2 rings (SSSR count). The molecule has 6 nitrogen and oxygen atoms in total. The van der Waals surface area contributed by atoms with Gasteiger partial charge in [-0.1, -0.05) is 0 Å². The number of rotatable bonds is 3. The molecule has 0 bridgehead atoms. The molecular formula is C9H12FN3O3. The SMILES string of the molecule is O=c1nc(NF)ccn1[C@@H]1CC[C@H](CO)O1. The van der Waals surface area contributed by atoms with Gasteiger partial charge in [0.25, 0.3) is 0 Å². The van der Waals surface area contributed by atoms with Crippen LogP contribution in [-0.4, -0.2) is 27.4 Å². The Kier molecular flexibility index (Phi) is 3.16. The second kappa shape index (κ2) is 4.58. The number of ether oxygens (including phenoxy) is 1. The van der Waals surface area contributed by atoms with E-state index in [0.29, 0.717) is 12.8 Å². The summed E-state index contributed by atoms with van der Waals surface area (Å²) in [5.41, 5.74) is 0.723. The number of aliphatic hydroxyl groups excluding tert-OH is 1. The van der Waals surface area contributed by atoms with E-state index in [4.69, 9.17) is 9.84 Å². The molecule has 1 aromatic heterocycles. The highest BCUT2D eigenvalue weighted by Crippen LogP contribution is 2.26. The van der Waals surface area contributed by atoms with Crippen LogP contribution in [0.1, 0.15) is 19.1 Å². The Hall–Kier alpha value is -1.47. The molecule has 0 radical (unpaired) electrons. The van der Waals surface area contributed by atoms with Crippen molar-refractivity contribution in [3.05, 3.63) is 22.7 Å². The van der Waals surface area contributed by atoms with Crippen LogP contribution in [0.3, 0.4) is 0 Å². The number of anilines is 1. The molecule has 0 aliphatic carbocycles. The van der Waals surface area contributed by atoms with Gasteiger partial charge in [-0.3, -0.25) is 4.57 Å². The molecule has 1 fully saturated rings. The zero-order valence-electron chi connectivity index (χ0n) is 8.47. The molecule has 2 heterocycles. The van der Waals surface area contributed by atoms with Crippen LogP contribution in [-0.2, 0) is 4.74 Å². The van der Waals surface area contributed by atoms with Crippen LogP contribution in [0.2, 0.25) is 0 Å². The lowest BCUT2D eigenvalue weighted by Gasteiger charge is -2.14. The molecule has 16 heavy (non-hydrogen) atoms. The minimum Gasteiger partial charge on any atom is -0.394 e. The Morgan fingerprint density at radius 1 is 1.69 bits per heavy atom. The van der Waals surface area contributed by atoms with E-state index in [9.17, 15) is 9.28 Å². The summed E-state index contributed by atoms with van der Waals surface area (Å²) < 4.78 is 18.7. The van der Waals surface area contributed by atoms with Gasteiger partial charge in [0.15, 0.2) is 5.82 Å². The Balaban J connectivity index is 2.19. The Morgan fingerprint density at radius 3 is 3.06 bits per heavy atom. The van der Waals surface area contributed by atoms with Gasteiger partial charge >= 0.3 is 5.69 Å². The Morgan fingerprint density at radius 2 is 2.50 bits per heavy atom. The van der Waals surface area contributed by atoms with E-state index < -0.39 is 11.9 Å². The normalized spacial score (nSPS) is 24.6. The first kappa shape index (κ1) is 11.0. The van der Waals surface area contributed by atoms with Crippen molar-refractivity contribution in [2.24, 2.45) is 0 Å².